The minimum atomic E-state index is -0.128. The van der Waals surface area contributed by atoms with Crippen molar-refractivity contribution in [1.29, 1.82) is 0 Å². The Morgan fingerprint density at radius 2 is 1.74 bits per heavy atom. The molecule has 5 rings (SSSR count). The van der Waals surface area contributed by atoms with Crippen molar-refractivity contribution >= 4 is 33.9 Å². The molecule has 0 spiro atoms. The summed E-state index contributed by atoms with van der Waals surface area (Å²) in [6, 6.07) is 20.6. The fraction of sp³-hybridized carbons (Fsp3) is 0.192. The van der Waals surface area contributed by atoms with E-state index in [4.69, 9.17) is 31.5 Å². The van der Waals surface area contributed by atoms with Crippen molar-refractivity contribution in [3.8, 4) is 34.3 Å². The van der Waals surface area contributed by atoms with Gasteiger partial charge in [0.25, 0.3) is 0 Å². The zero-order valence-electron chi connectivity index (χ0n) is 18.9. The van der Waals surface area contributed by atoms with Crippen LogP contribution in [0.1, 0.15) is 17.3 Å². The lowest BCUT2D eigenvalue weighted by Crippen LogP contribution is -2.17. The van der Waals surface area contributed by atoms with Gasteiger partial charge in [-0.2, -0.15) is 5.10 Å². The van der Waals surface area contributed by atoms with Gasteiger partial charge in [0, 0.05) is 15.6 Å². The maximum atomic E-state index is 13.2. The van der Waals surface area contributed by atoms with Crippen molar-refractivity contribution in [2.75, 3.05) is 19.8 Å². The molecule has 1 aliphatic rings. The van der Waals surface area contributed by atoms with Gasteiger partial charge in [0.2, 0.25) is 4.77 Å². The van der Waals surface area contributed by atoms with E-state index in [2.05, 4.69) is 15.9 Å². The van der Waals surface area contributed by atoms with Crippen LogP contribution >= 0.6 is 28.1 Å². The number of ketones is 1. The Balaban J connectivity index is 1.53. The number of carbonyl (C=O) groups excluding carboxylic acids is 1. The van der Waals surface area contributed by atoms with Gasteiger partial charge in [-0.05, 0) is 73.7 Å². The van der Waals surface area contributed by atoms with Gasteiger partial charge in [-0.15, -0.1) is 0 Å². The number of halogens is 1. The fourth-order valence-electron chi connectivity index (χ4n) is 3.83. The molecule has 0 saturated carbocycles. The first-order valence-electron chi connectivity index (χ1n) is 11.2. The molecule has 35 heavy (non-hydrogen) atoms. The van der Waals surface area contributed by atoms with Gasteiger partial charge in [0.15, 0.2) is 23.1 Å². The van der Waals surface area contributed by atoms with Crippen molar-refractivity contribution in [2.45, 2.75) is 13.5 Å². The van der Waals surface area contributed by atoms with Gasteiger partial charge in [0.1, 0.15) is 25.5 Å². The summed E-state index contributed by atoms with van der Waals surface area (Å²) in [4.78, 5) is 13.2. The van der Waals surface area contributed by atoms with Crippen LogP contribution in [0.15, 0.2) is 71.2 Å². The second-order valence-corrected chi connectivity index (χ2v) is 9.10. The van der Waals surface area contributed by atoms with Crippen LogP contribution in [0, 0.1) is 4.77 Å². The Hall–Kier alpha value is -3.43. The number of aromatic nitrogens is 3. The molecule has 178 valence electrons. The van der Waals surface area contributed by atoms with Gasteiger partial charge in [-0.3, -0.25) is 9.36 Å². The SMILES string of the molecule is CCOc1ccc(-n2c(-c3ccc(Br)cc3)nn(CC(=O)c3ccc4c(c3)OCCO4)c2=S)cc1. The predicted molar refractivity (Wildman–Crippen MR) is 138 cm³/mol. The number of carbonyl (C=O) groups is 1. The van der Waals surface area contributed by atoms with Gasteiger partial charge in [0.05, 0.1) is 12.3 Å². The highest BCUT2D eigenvalue weighted by Gasteiger charge is 2.19. The Kier molecular flexibility index (Phi) is 6.70. The fourth-order valence-corrected chi connectivity index (χ4v) is 4.39. The molecule has 3 aromatic carbocycles. The van der Waals surface area contributed by atoms with Crippen molar-refractivity contribution in [3.63, 3.8) is 0 Å². The molecule has 1 aliphatic heterocycles. The molecular weight excluding hydrogens is 530 g/mol. The number of ether oxygens (including phenoxy) is 3. The summed E-state index contributed by atoms with van der Waals surface area (Å²) in [6.07, 6.45) is 0. The van der Waals surface area contributed by atoms with Gasteiger partial charge < -0.3 is 14.2 Å². The van der Waals surface area contributed by atoms with E-state index in [1.165, 1.54) is 0 Å². The summed E-state index contributed by atoms with van der Waals surface area (Å²) in [7, 11) is 0. The van der Waals surface area contributed by atoms with Gasteiger partial charge in [-0.1, -0.05) is 28.1 Å². The monoisotopic (exact) mass is 551 g/mol. The molecule has 0 bridgehead atoms. The minimum absolute atomic E-state index is 0.00790. The van der Waals surface area contributed by atoms with Gasteiger partial charge in [-0.25, -0.2) is 4.68 Å². The largest absolute Gasteiger partial charge is 0.494 e. The predicted octanol–water partition coefficient (Wildman–Crippen LogP) is 5.89. The first-order valence-corrected chi connectivity index (χ1v) is 12.4. The van der Waals surface area contributed by atoms with Crippen molar-refractivity contribution < 1.29 is 19.0 Å². The highest BCUT2D eigenvalue weighted by molar-refractivity contribution is 9.10. The molecule has 0 N–H and O–H groups in total. The van der Waals surface area contributed by atoms with Crippen LogP contribution in [0.3, 0.4) is 0 Å². The molecule has 0 unspecified atom stereocenters. The number of hydrogen-bond acceptors (Lipinski definition) is 6. The summed E-state index contributed by atoms with van der Waals surface area (Å²) in [5.41, 5.74) is 2.21. The lowest BCUT2D eigenvalue weighted by atomic mass is 10.1. The van der Waals surface area contributed by atoms with E-state index in [9.17, 15) is 4.79 Å². The first kappa shape index (κ1) is 23.3. The zero-order valence-corrected chi connectivity index (χ0v) is 21.3. The molecule has 2 heterocycles. The van der Waals surface area contributed by atoms with E-state index >= 15 is 0 Å². The molecule has 0 saturated heterocycles. The quantitative estimate of drug-likeness (QED) is 0.211. The van der Waals surface area contributed by atoms with E-state index in [1.807, 2.05) is 60.0 Å². The second kappa shape index (κ2) is 10.1. The number of Topliss-reactive ketones (excluding diaryl/α,β-unsaturated/α-hetero) is 1. The van der Waals surface area contributed by atoms with Crippen LogP contribution in [0.4, 0.5) is 0 Å². The third-order valence-corrected chi connectivity index (χ3v) is 6.43. The van der Waals surface area contributed by atoms with Crippen LogP contribution in [-0.2, 0) is 6.54 Å². The third kappa shape index (κ3) is 4.87. The van der Waals surface area contributed by atoms with Crippen LogP contribution in [-0.4, -0.2) is 40.0 Å². The van der Waals surface area contributed by atoms with Crippen LogP contribution in [0.25, 0.3) is 17.1 Å². The highest BCUT2D eigenvalue weighted by atomic mass is 79.9. The van der Waals surface area contributed by atoms with Gasteiger partial charge >= 0.3 is 0 Å². The Morgan fingerprint density at radius 3 is 2.46 bits per heavy atom. The minimum Gasteiger partial charge on any atom is -0.494 e. The summed E-state index contributed by atoms with van der Waals surface area (Å²) >= 11 is 9.27. The average Bonchev–Trinajstić information content (AvgIpc) is 3.20. The molecule has 0 amide bonds. The lowest BCUT2D eigenvalue weighted by molar-refractivity contribution is 0.0965. The number of rotatable bonds is 7. The standard InChI is InChI=1S/C26H22BrN3O4S/c1-2-32-21-10-8-20(9-11-21)30-25(17-3-6-19(27)7-4-17)28-29(26(30)35)16-22(31)18-5-12-23-24(15-18)34-14-13-33-23/h3-12,15H,2,13-14,16H2,1H3. The van der Waals surface area contributed by atoms with Crippen LogP contribution in [0.5, 0.6) is 17.2 Å². The number of nitrogens with zero attached hydrogens (tertiary/aromatic N) is 3. The Labute approximate surface area is 216 Å². The van der Waals surface area contributed by atoms with Crippen LogP contribution in [0.2, 0.25) is 0 Å². The summed E-state index contributed by atoms with van der Waals surface area (Å²) in [5.74, 6) is 2.50. The number of fused-ring (bicyclic) bond motifs is 1. The molecule has 4 aromatic rings. The van der Waals surface area contributed by atoms with Crippen molar-refractivity contribution in [1.82, 2.24) is 14.3 Å². The van der Waals surface area contributed by atoms with E-state index in [-0.39, 0.29) is 12.3 Å². The normalized spacial score (nSPS) is 12.4. The molecule has 9 heteroatoms. The van der Waals surface area contributed by atoms with E-state index in [0.29, 0.717) is 47.5 Å². The molecule has 0 atom stereocenters. The molecule has 1 aromatic heterocycles. The summed E-state index contributed by atoms with van der Waals surface area (Å²) in [5, 5.41) is 4.75. The van der Waals surface area contributed by atoms with Crippen LogP contribution < -0.4 is 14.2 Å². The number of benzene rings is 3. The number of hydrogen-bond donors (Lipinski definition) is 0. The topological polar surface area (TPSA) is 67.5 Å². The molecule has 0 aliphatic carbocycles. The molecule has 0 fully saturated rings. The molecule has 7 nitrogen and oxygen atoms in total. The summed E-state index contributed by atoms with van der Waals surface area (Å²) in [6.45, 7) is 3.48. The first-order chi connectivity index (χ1) is 17.0. The lowest BCUT2D eigenvalue weighted by Gasteiger charge is -2.18. The molecule has 0 radical (unpaired) electrons. The smallest absolute Gasteiger partial charge is 0.203 e. The highest BCUT2D eigenvalue weighted by Crippen LogP contribution is 2.31. The average molecular weight is 552 g/mol. The Morgan fingerprint density at radius 1 is 1.03 bits per heavy atom. The van der Waals surface area contributed by atoms with E-state index < -0.39 is 0 Å². The third-order valence-electron chi connectivity index (χ3n) is 5.51. The maximum absolute atomic E-state index is 13.2. The van der Waals surface area contributed by atoms with E-state index in [1.54, 1.807) is 22.9 Å². The Bertz CT molecular complexity index is 1430. The second-order valence-electron chi connectivity index (χ2n) is 7.81. The van der Waals surface area contributed by atoms with E-state index in [0.717, 1.165) is 21.5 Å². The van der Waals surface area contributed by atoms with Crippen molar-refractivity contribution in [3.05, 3.63) is 81.5 Å². The maximum Gasteiger partial charge on any atom is 0.203 e. The van der Waals surface area contributed by atoms with Crippen molar-refractivity contribution in [2.24, 2.45) is 0 Å². The summed E-state index contributed by atoms with van der Waals surface area (Å²) < 4.78 is 21.6. The molecular formula is C26H22BrN3O4S. The zero-order chi connectivity index (χ0) is 24.4.